The van der Waals surface area contributed by atoms with Crippen LogP contribution in [0.5, 0.6) is 11.5 Å². The maximum absolute atomic E-state index is 10.9. The first kappa shape index (κ1) is 10.0. The van der Waals surface area contributed by atoms with Crippen LogP contribution < -0.4 is 9.47 Å². The zero-order chi connectivity index (χ0) is 10.9. The van der Waals surface area contributed by atoms with Crippen LogP contribution in [-0.2, 0) is 4.79 Å². The molecule has 1 atom stereocenters. The number of aldehydes is 1. The van der Waals surface area contributed by atoms with E-state index in [1.165, 1.54) is 0 Å². The normalized spacial score (nSPS) is 19.7. The summed E-state index contributed by atoms with van der Waals surface area (Å²) in [6, 6.07) is 7.49. The first-order chi connectivity index (χ1) is 7.13. The van der Waals surface area contributed by atoms with Crippen molar-refractivity contribution in [2.75, 3.05) is 6.61 Å². The van der Waals surface area contributed by atoms with Gasteiger partial charge in [0.05, 0.1) is 5.41 Å². The Morgan fingerprint density at radius 3 is 2.67 bits per heavy atom. The maximum atomic E-state index is 10.9. The number of carbonyl (C=O) groups excluding carboxylic acids is 1. The van der Waals surface area contributed by atoms with Gasteiger partial charge in [-0.3, -0.25) is 0 Å². The van der Waals surface area contributed by atoms with Gasteiger partial charge < -0.3 is 14.3 Å². The summed E-state index contributed by atoms with van der Waals surface area (Å²) in [4.78, 5) is 10.9. The third-order valence-corrected chi connectivity index (χ3v) is 2.64. The van der Waals surface area contributed by atoms with E-state index in [0.717, 1.165) is 12.0 Å². The molecule has 1 aromatic rings. The first-order valence-electron chi connectivity index (χ1n) is 4.98. The fourth-order valence-corrected chi connectivity index (χ4v) is 1.46. The molecule has 80 valence electrons. The molecule has 0 amide bonds. The number of rotatable bonds is 2. The highest BCUT2D eigenvalue weighted by Gasteiger charge is 2.34. The van der Waals surface area contributed by atoms with Crippen molar-refractivity contribution in [2.24, 2.45) is 5.41 Å². The summed E-state index contributed by atoms with van der Waals surface area (Å²) in [5.74, 6) is 1.46. The van der Waals surface area contributed by atoms with E-state index >= 15 is 0 Å². The van der Waals surface area contributed by atoms with Gasteiger partial charge in [0.1, 0.15) is 19.0 Å². The molecular formula is C12H14O3. The van der Waals surface area contributed by atoms with Gasteiger partial charge in [0.25, 0.3) is 0 Å². The number of para-hydroxylation sites is 2. The van der Waals surface area contributed by atoms with E-state index < -0.39 is 5.41 Å². The van der Waals surface area contributed by atoms with E-state index in [1.807, 2.05) is 38.1 Å². The van der Waals surface area contributed by atoms with Gasteiger partial charge in [0, 0.05) is 0 Å². The standard InChI is InChI=1S/C12H14O3/c1-12(2,8-13)11-7-14-9-5-3-4-6-10(9)15-11/h3-6,8,11H,7H2,1-2H3. The average molecular weight is 206 g/mol. The summed E-state index contributed by atoms with van der Waals surface area (Å²) in [6.45, 7) is 4.12. The van der Waals surface area contributed by atoms with Crippen molar-refractivity contribution in [3.05, 3.63) is 24.3 Å². The SMILES string of the molecule is CC(C)(C=O)C1COc2ccccc2O1. The smallest absolute Gasteiger partial charge is 0.161 e. The van der Waals surface area contributed by atoms with Gasteiger partial charge in [-0.15, -0.1) is 0 Å². The molecule has 1 heterocycles. The Kier molecular flexibility index (Phi) is 2.39. The summed E-state index contributed by atoms with van der Waals surface area (Å²) >= 11 is 0. The van der Waals surface area contributed by atoms with Crippen molar-refractivity contribution in [1.82, 2.24) is 0 Å². The largest absolute Gasteiger partial charge is 0.486 e. The van der Waals surface area contributed by atoms with Crippen LogP contribution in [0.1, 0.15) is 13.8 Å². The molecule has 0 aromatic heterocycles. The van der Waals surface area contributed by atoms with E-state index in [2.05, 4.69) is 0 Å². The van der Waals surface area contributed by atoms with E-state index in [-0.39, 0.29) is 6.10 Å². The number of carbonyl (C=O) groups is 1. The minimum absolute atomic E-state index is 0.218. The molecule has 1 aliphatic heterocycles. The molecule has 0 radical (unpaired) electrons. The van der Waals surface area contributed by atoms with Crippen molar-refractivity contribution in [1.29, 1.82) is 0 Å². The second-order valence-corrected chi connectivity index (χ2v) is 4.30. The molecule has 15 heavy (non-hydrogen) atoms. The fraction of sp³-hybridized carbons (Fsp3) is 0.417. The highest BCUT2D eigenvalue weighted by molar-refractivity contribution is 5.59. The molecule has 3 nitrogen and oxygen atoms in total. The van der Waals surface area contributed by atoms with Crippen LogP contribution in [0.15, 0.2) is 24.3 Å². The molecule has 0 saturated heterocycles. The molecule has 0 N–H and O–H groups in total. The predicted molar refractivity (Wildman–Crippen MR) is 56.2 cm³/mol. The summed E-state index contributed by atoms with van der Waals surface area (Å²) in [6.07, 6.45) is 0.694. The quantitative estimate of drug-likeness (QED) is 0.695. The van der Waals surface area contributed by atoms with Crippen LogP contribution in [0.3, 0.4) is 0 Å². The van der Waals surface area contributed by atoms with Crippen molar-refractivity contribution in [3.8, 4) is 11.5 Å². The molecule has 3 heteroatoms. The van der Waals surface area contributed by atoms with Crippen molar-refractivity contribution in [2.45, 2.75) is 20.0 Å². The summed E-state index contributed by atoms with van der Waals surface area (Å²) in [5, 5.41) is 0. The van der Waals surface area contributed by atoms with Gasteiger partial charge in [-0.1, -0.05) is 12.1 Å². The van der Waals surface area contributed by atoms with Crippen LogP contribution in [0.4, 0.5) is 0 Å². The minimum Gasteiger partial charge on any atom is -0.486 e. The van der Waals surface area contributed by atoms with Gasteiger partial charge >= 0.3 is 0 Å². The molecular weight excluding hydrogens is 192 g/mol. The summed E-state index contributed by atoms with van der Waals surface area (Å²) in [7, 11) is 0. The Labute approximate surface area is 89.0 Å². The highest BCUT2D eigenvalue weighted by Crippen LogP contribution is 2.35. The zero-order valence-electron chi connectivity index (χ0n) is 8.90. The minimum atomic E-state index is -0.520. The van der Waals surface area contributed by atoms with E-state index in [9.17, 15) is 4.79 Å². The number of hydrogen-bond donors (Lipinski definition) is 0. The third-order valence-electron chi connectivity index (χ3n) is 2.64. The van der Waals surface area contributed by atoms with E-state index in [0.29, 0.717) is 12.4 Å². The maximum Gasteiger partial charge on any atom is 0.161 e. The molecule has 0 spiro atoms. The van der Waals surface area contributed by atoms with Crippen molar-refractivity contribution >= 4 is 6.29 Å². The Bertz CT molecular complexity index is 371. The lowest BCUT2D eigenvalue weighted by molar-refractivity contribution is -0.121. The monoisotopic (exact) mass is 206 g/mol. The van der Waals surface area contributed by atoms with E-state index in [1.54, 1.807) is 0 Å². The van der Waals surface area contributed by atoms with Crippen LogP contribution in [0.2, 0.25) is 0 Å². The molecule has 2 rings (SSSR count). The first-order valence-corrected chi connectivity index (χ1v) is 4.98. The zero-order valence-corrected chi connectivity index (χ0v) is 8.90. The van der Waals surface area contributed by atoms with Crippen LogP contribution in [-0.4, -0.2) is 19.0 Å². The molecule has 1 aliphatic rings. The molecule has 0 aliphatic carbocycles. The van der Waals surface area contributed by atoms with Crippen LogP contribution in [0, 0.1) is 5.41 Å². The lowest BCUT2D eigenvalue weighted by atomic mass is 9.88. The number of ether oxygens (including phenoxy) is 2. The Morgan fingerprint density at radius 1 is 1.33 bits per heavy atom. The Morgan fingerprint density at radius 2 is 2.00 bits per heavy atom. The lowest BCUT2D eigenvalue weighted by Gasteiger charge is -2.33. The topological polar surface area (TPSA) is 35.5 Å². The second kappa shape index (κ2) is 3.57. The number of fused-ring (bicyclic) bond motifs is 1. The van der Waals surface area contributed by atoms with Crippen LogP contribution >= 0.6 is 0 Å². The fourth-order valence-electron chi connectivity index (χ4n) is 1.46. The molecule has 0 bridgehead atoms. The Hall–Kier alpha value is -1.51. The average Bonchev–Trinajstić information content (AvgIpc) is 2.28. The third kappa shape index (κ3) is 1.82. The van der Waals surface area contributed by atoms with Crippen molar-refractivity contribution in [3.63, 3.8) is 0 Å². The van der Waals surface area contributed by atoms with Crippen LogP contribution in [0.25, 0.3) is 0 Å². The van der Waals surface area contributed by atoms with Crippen molar-refractivity contribution < 1.29 is 14.3 Å². The molecule has 1 aromatic carbocycles. The lowest BCUT2D eigenvalue weighted by Crippen LogP contribution is -2.42. The molecule has 1 unspecified atom stereocenters. The number of hydrogen-bond acceptors (Lipinski definition) is 3. The second-order valence-electron chi connectivity index (χ2n) is 4.30. The number of benzene rings is 1. The molecule has 0 fully saturated rings. The van der Waals surface area contributed by atoms with E-state index in [4.69, 9.17) is 9.47 Å². The molecule has 0 saturated carbocycles. The van der Waals surface area contributed by atoms with Gasteiger partial charge in [-0.25, -0.2) is 0 Å². The predicted octanol–water partition coefficient (Wildman–Crippen LogP) is 2.05. The van der Waals surface area contributed by atoms with Gasteiger partial charge in [0.2, 0.25) is 0 Å². The Balaban J connectivity index is 2.22. The van der Waals surface area contributed by atoms with Gasteiger partial charge in [-0.2, -0.15) is 0 Å². The highest BCUT2D eigenvalue weighted by atomic mass is 16.6. The summed E-state index contributed by atoms with van der Waals surface area (Å²) < 4.78 is 11.3. The van der Waals surface area contributed by atoms with Gasteiger partial charge in [0.15, 0.2) is 11.5 Å². The van der Waals surface area contributed by atoms with Gasteiger partial charge in [-0.05, 0) is 26.0 Å². The summed E-state index contributed by atoms with van der Waals surface area (Å²) in [5.41, 5.74) is -0.520.